The molecule has 0 aliphatic rings. The number of nitrogens with zero attached hydrogens (tertiary/aromatic N) is 4. The molecule has 21 aromatic rings. The summed E-state index contributed by atoms with van der Waals surface area (Å²) in [6, 6.07) is 110. The quantitative estimate of drug-likeness (QED) is 0.169. The fourth-order valence-electron chi connectivity index (χ4n) is 15.6. The van der Waals surface area contributed by atoms with Gasteiger partial charge >= 0.3 is 0 Å². The number of hydrogen-bond donors (Lipinski definition) is 0. The van der Waals surface area contributed by atoms with Gasteiger partial charge in [0.15, 0.2) is 0 Å². The molecular formula is C84H50N4O. The van der Waals surface area contributed by atoms with Crippen LogP contribution in [0.3, 0.4) is 0 Å². The fraction of sp³-hybridized carbons (Fsp3) is 0. The summed E-state index contributed by atoms with van der Waals surface area (Å²) in [5.41, 5.74) is 23.7. The highest BCUT2D eigenvalue weighted by atomic mass is 16.3. The molecule has 0 bridgehead atoms. The van der Waals surface area contributed by atoms with Crippen molar-refractivity contribution in [3.05, 3.63) is 303 Å². The topological polar surface area (TPSA) is 31.8 Å². The van der Waals surface area contributed by atoms with Gasteiger partial charge in [-0.3, -0.25) is 0 Å². The number of benzene rings is 14. The first kappa shape index (κ1) is 48.3. The Kier molecular flexibility index (Phi) is 9.94. The summed E-state index contributed by atoms with van der Waals surface area (Å²) in [6.07, 6.45) is 0. The molecule has 21 rings (SSSR count). The summed E-state index contributed by atoms with van der Waals surface area (Å²) < 4.78 is 16.3. The maximum absolute atomic E-state index is 6.45. The Balaban J connectivity index is 0.000000125. The van der Waals surface area contributed by atoms with Crippen molar-refractivity contribution in [1.82, 2.24) is 17.9 Å². The second kappa shape index (κ2) is 18.3. The van der Waals surface area contributed by atoms with Gasteiger partial charge in [-0.15, -0.1) is 0 Å². The lowest BCUT2D eigenvalue weighted by Crippen LogP contribution is -1.95. The fourth-order valence-corrected chi connectivity index (χ4v) is 15.6. The van der Waals surface area contributed by atoms with Crippen molar-refractivity contribution < 1.29 is 4.42 Å². The predicted molar refractivity (Wildman–Crippen MR) is 374 cm³/mol. The lowest BCUT2D eigenvalue weighted by Gasteiger charge is -2.11. The van der Waals surface area contributed by atoms with E-state index in [1.807, 2.05) is 12.1 Å². The van der Waals surface area contributed by atoms with Gasteiger partial charge in [-0.1, -0.05) is 224 Å². The molecule has 412 valence electrons. The number of aromatic nitrogens is 4. The van der Waals surface area contributed by atoms with Crippen LogP contribution in [0.15, 0.2) is 308 Å². The van der Waals surface area contributed by atoms with Crippen molar-refractivity contribution >= 4 is 142 Å². The average Bonchev–Trinajstić information content (AvgIpc) is 1.58. The van der Waals surface area contributed by atoms with E-state index in [2.05, 4.69) is 309 Å². The number of fused-ring (bicyclic) bond motifs is 15. The molecule has 0 saturated heterocycles. The highest BCUT2D eigenvalue weighted by Crippen LogP contribution is 2.48. The van der Waals surface area contributed by atoms with Crippen LogP contribution >= 0.6 is 0 Å². The molecule has 0 fully saturated rings. The summed E-state index contributed by atoms with van der Waals surface area (Å²) in [4.78, 5) is 0. The third-order valence-corrected chi connectivity index (χ3v) is 19.3. The Morgan fingerprint density at radius 2 is 0.584 bits per heavy atom. The Labute approximate surface area is 509 Å². The summed E-state index contributed by atoms with van der Waals surface area (Å²) in [7, 11) is 0. The lowest BCUT2D eigenvalue weighted by molar-refractivity contribution is 0.670. The van der Waals surface area contributed by atoms with Crippen molar-refractivity contribution in [2.75, 3.05) is 0 Å². The van der Waals surface area contributed by atoms with Gasteiger partial charge in [-0.2, -0.15) is 0 Å². The zero-order chi connectivity index (χ0) is 58.0. The van der Waals surface area contributed by atoms with Crippen molar-refractivity contribution in [1.29, 1.82) is 0 Å². The minimum absolute atomic E-state index is 0.917. The molecule has 0 aliphatic carbocycles. The Hall–Kier alpha value is -11.9. The lowest BCUT2D eigenvalue weighted by atomic mass is 10.00. The molecule has 0 atom stereocenters. The summed E-state index contributed by atoms with van der Waals surface area (Å²) in [6.45, 7) is 0. The first-order valence-corrected chi connectivity index (χ1v) is 30.7. The molecule has 5 heteroatoms. The standard InChI is InChI=1S/C42H24N2O.C42H26N2/c1-4-18-34-28(12-1)31-16-9-20-36-39(31)40-37(23-22-32-29-13-2-5-19-35(29)44(34)41(32)40)43(36)26-11-7-10-25(24-26)27-15-8-17-33-30-14-3-6-21-38(30)45-42(27)33;1-2-10-27(11-3-1)28-20-22-29(23-21-28)30-12-8-13-31(26-30)43-38-19-9-16-34-32-14-4-6-17-36(32)44-37-18-7-5-15-33(37)35-24-25-39(43)41(40(34)38)42(35)44/h1-24H;1-26H. The Bertz CT molecular complexity index is 6470. The number of hydrogen-bond acceptors (Lipinski definition) is 1. The molecule has 0 saturated carbocycles. The molecule has 0 unspecified atom stereocenters. The maximum Gasteiger partial charge on any atom is 0.143 e. The van der Waals surface area contributed by atoms with Crippen molar-refractivity contribution in [2.24, 2.45) is 0 Å². The van der Waals surface area contributed by atoms with Crippen LogP contribution in [0.25, 0.3) is 186 Å². The Morgan fingerprint density at radius 1 is 0.213 bits per heavy atom. The molecule has 0 amide bonds. The molecule has 0 N–H and O–H groups in total. The predicted octanol–water partition coefficient (Wildman–Crippen LogP) is 22.8. The molecule has 7 heterocycles. The van der Waals surface area contributed by atoms with Crippen LogP contribution in [0.5, 0.6) is 0 Å². The van der Waals surface area contributed by atoms with Crippen molar-refractivity contribution in [3.8, 4) is 44.8 Å². The third-order valence-electron chi connectivity index (χ3n) is 19.3. The van der Waals surface area contributed by atoms with E-state index in [0.717, 1.165) is 38.8 Å². The molecule has 0 spiro atoms. The second-order valence-corrected chi connectivity index (χ2v) is 23.8. The van der Waals surface area contributed by atoms with Crippen LogP contribution in [0.2, 0.25) is 0 Å². The first-order chi connectivity index (χ1) is 44.2. The number of rotatable bonds is 5. The van der Waals surface area contributed by atoms with Gasteiger partial charge in [0.25, 0.3) is 0 Å². The average molecular weight is 1130 g/mol. The smallest absolute Gasteiger partial charge is 0.143 e. The summed E-state index contributed by atoms with van der Waals surface area (Å²) in [5, 5.41) is 17.8. The number of furan rings is 1. The van der Waals surface area contributed by atoms with Crippen LogP contribution in [-0.4, -0.2) is 17.9 Å². The second-order valence-electron chi connectivity index (χ2n) is 23.8. The van der Waals surface area contributed by atoms with Crippen molar-refractivity contribution in [2.45, 2.75) is 0 Å². The minimum Gasteiger partial charge on any atom is -0.455 e. The monoisotopic (exact) mass is 1130 g/mol. The zero-order valence-corrected chi connectivity index (χ0v) is 48.1. The zero-order valence-electron chi connectivity index (χ0n) is 48.1. The Morgan fingerprint density at radius 3 is 1.13 bits per heavy atom. The van der Waals surface area contributed by atoms with Gasteiger partial charge < -0.3 is 22.4 Å². The van der Waals surface area contributed by atoms with E-state index in [1.165, 1.54) is 148 Å². The van der Waals surface area contributed by atoms with Crippen LogP contribution < -0.4 is 0 Å². The summed E-state index contributed by atoms with van der Waals surface area (Å²) in [5.74, 6) is 0. The van der Waals surface area contributed by atoms with Gasteiger partial charge in [0, 0.05) is 81.6 Å². The van der Waals surface area contributed by atoms with Gasteiger partial charge in [0.1, 0.15) is 11.2 Å². The highest BCUT2D eigenvalue weighted by molar-refractivity contribution is 6.35. The molecule has 0 radical (unpaired) electrons. The first-order valence-electron chi connectivity index (χ1n) is 30.7. The van der Waals surface area contributed by atoms with E-state index in [-0.39, 0.29) is 0 Å². The molecule has 5 nitrogen and oxygen atoms in total. The van der Waals surface area contributed by atoms with Crippen LogP contribution in [0.4, 0.5) is 0 Å². The highest BCUT2D eigenvalue weighted by Gasteiger charge is 2.26. The van der Waals surface area contributed by atoms with Crippen LogP contribution in [-0.2, 0) is 0 Å². The normalized spacial score (nSPS) is 12.3. The van der Waals surface area contributed by atoms with E-state index in [1.54, 1.807) is 0 Å². The SMILES string of the molecule is c1cc(-c2cccc3c2oc2ccccc23)cc(-n2c3cccc4c5ccccc5n5c6ccccc6c6ccc2c(c43)c65)c1.c1ccc(-c2ccc(-c3cccc(-n4c5cccc6c7ccccc7n7c8ccccc8c8ccc4c(c65)c87)c3)cc2)cc1. The van der Waals surface area contributed by atoms with Crippen LogP contribution in [0.1, 0.15) is 0 Å². The molecule has 0 aliphatic heterocycles. The van der Waals surface area contributed by atoms with E-state index in [0.29, 0.717) is 0 Å². The van der Waals surface area contributed by atoms with Gasteiger partial charge in [0.2, 0.25) is 0 Å². The largest absolute Gasteiger partial charge is 0.455 e. The van der Waals surface area contributed by atoms with Gasteiger partial charge in [-0.25, -0.2) is 0 Å². The minimum atomic E-state index is 0.917. The van der Waals surface area contributed by atoms with E-state index in [4.69, 9.17) is 4.42 Å². The van der Waals surface area contributed by atoms with E-state index >= 15 is 0 Å². The summed E-state index contributed by atoms with van der Waals surface area (Å²) >= 11 is 0. The molecular weight excluding hydrogens is 1080 g/mol. The van der Waals surface area contributed by atoms with E-state index in [9.17, 15) is 0 Å². The van der Waals surface area contributed by atoms with Crippen LogP contribution in [0, 0.1) is 0 Å². The van der Waals surface area contributed by atoms with Gasteiger partial charge in [0.05, 0.1) is 55.2 Å². The van der Waals surface area contributed by atoms with Crippen molar-refractivity contribution in [3.63, 3.8) is 0 Å². The van der Waals surface area contributed by atoms with E-state index < -0.39 is 0 Å². The molecule has 14 aromatic carbocycles. The molecule has 89 heavy (non-hydrogen) atoms. The third kappa shape index (κ3) is 6.73. The number of para-hydroxylation sites is 6. The van der Waals surface area contributed by atoms with Gasteiger partial charge in [-0.05, 0) is 117 Å². The maximum atomic E-state index is 6.45. The molecule has 7 aromatic heterocycles.